The summed E-state index contributed by atoms with van der Waals surface area (Å²) in [6, 6.07) is 3.58. The van der Waals surface area contributed by atoms with Gasteiger partial charge in [0.1, 0.15) is 0 Å². The maximum absolute atomic E-state index is 12.6. The number of hydrogen-bond donors (Lipinski definition) is 2. The predicted molar refractivity (Wildman–Crippen MR) is 55.8 cm³/mol. The fourth-order valence-electron chi connectivity index (χ4n) is 1.39. The van der Waals surface area contributed by atoms with Crippen LogP contribution in [-0.4, -0.2) is 16.8 Å². The van der Waals surface area contributed by atoms with E-state index in [2.05, 4.69) is 15.9 Å². The van der Waals surface area contributed by atoms with Crippen molar-refractivity contribution in [3.05, 3.63) is 33.8 Å². The Morgan fingerprint density at radius 1 is 1.31 bits per heavy atom. The summed E-state index contributed by atoms with van der Waals surface area (Å²) in [5.41, 5.74) is -1.12. The minimum absolute atomic E-state index is 0.133. The highest BCUT2D eigenvalue weighted by Crippen LogP contribution is 2.38. The van der Waals surface area contributed by atoms with Crippen LogP contribution in [0.5, 0.6) is 0 Å². The van der Waals surface area contributed by atoms with Crippen LogP contribution in [0.3, 0.4) is 0 Å². The first-order valence-corrected chi connectivity index (χ1v) is 5.31. The van der Waals surface area contributed by atoms with Gasteiger partial charge < -0.3 is 10.2 Å². The molecule has 0 aliphatic carbocycles. The van der Waals surface area contributed by atoms with E-state index >= 15 is 0 Å². The Bertz CT molecular complexity index is 366. The van der Waals surface area contributed by atoms with Gasteiger partial charge in [0.05, 0.1) is 11.7 Å². The SMILES string of the molecule is OCCC(O)c1c(Br)cccc1C(F)(F)F. The van der Waals surface area contributed by atoms with Crippen LogP contribution >= 0.6 is 15.9 Å². The van der Waals surface area contributed by atoms with Crippen LogP contribution in [0.25, 0.3) is 0 Å². The molecule has 1 aromatic carbocycles. The molecule has 0 amide bonds. The summed E-state index contributed by atoms with van der Waals surface area (Å²) >= 11 is 2.97. The van der Waals surface area contributed by atoms with Crippen molar-refractivity contribution in [2.45, 2.75) is 18.7 Å². The lowest BCUT2D eigenvalue weighted by Gasteiger charge is -2.18. The Morgan fingerprint density at radius 2 is 1.94 bits per heavy atom. The molecule has 90 valence electrons. The van der Waals surface area contributed by atoms with E-state index < -0.39 is 17.8 Å². The zero-order valence-corrected chi connectivity index (χ0v) is 9.72. The fourth-order valence-corrected chi connectivity index (χ4v) is 2.02. The molecule has 6 heteroatoms. The summed E-state index contributed by atoms with van der Waals surface area (Å²) in [6.07, 6.45) is -5.99. The normalized spacial score (nSPS) is 13.9. The van der Waals surface area contributed by atoms with Gasteiger partial charge in [-0.2, -0.15) is 13.2 Å². The number of rotatable bonds is 3. The van der Waals surface area contributed by atoms with Crippen LogP contribution in [-0.2, 0) is 6.18 Å². The minimum Gasteiger partial charge on any atom is -0.396 e. The lowest BCUT2D eigenvalue weighted by Crippen LogP contribution is -2.13. The molecule has 1 atom stereocenters. The summed E-state index contributed by atoms with van der Waals surface area (Å²) in [5, 5.41) is 18.2. The van der Waals surface area contributed by atoms with E-state index in [-0.39, 0.29) is 23.1 Å². The summed E-state index contributed by atoms with van der Waals surface area (Å²) in [7, 11) is 0. The van der Waals surface area contributed by atoms with Gasteiger partial charge in [0.25, 0.3) is 0 Å². The Labute approximate surface area is 98.8 Å². The average Bonchev–Trinajstić information content (AvgIpc) is 2.16. The molecule has 1 rings (SSSR count). The molecule has 2 N–H and O–H groups in total. The summed E-state index contributed by atoms with van der Waals surface area (Å²) < 4.78 is 38.1. The molecule has 0 aromatic heterocycles. The highest BCUT2D eigenvalue weighted by atomic mass is 79.9. The first kappa shape index (κ1) is 13.5. The van der Waals surface area contributed by atoms with Gasteiger partial charge in [0.15, 0.2) is 0 Å². The van der Waals surface area contributed by atoms with Crippen LogP contribution in [0.2, 0.25) is 0 Å². The number of hydrogen-bond acceptors (Lipinski definition) is 2. The van der Waals surface area contributed by atoms with Crippen molar-refractivity contribution in [1.82, 2.24) is 0 Å². The molecule has 0 bridgehead atoms. The second-order valence-corrected chi connectivity index (χ2v) is 4.08. The molecule has 0 saturated carbocycles. The van der Waals surface area contributed by atoms with Gasteiger partial charge in [-0.3, -0.25) is 0 Å². The predicted octanol–water partition coefficient (Wildman–Crippen LogP) is 2.88. The highest BCUT2D eigenvalue weighted by molar-refractivity contribution is 9.10. The van der Waals surface area contributed by atoms with Crippen LogP contribution in [0.15, 0.2) is 22.7 Å². The topological polar surface area (TPSA) is 40.5 Å². The maximum Gasteiger partial charge on any atom is 0.416 e. The number of halogens is 4. The van der Waals surface area contributed by atoms with E-state index in [9.17, 15) is 18.3 Å². The molecule has 0 fully saturated rings. The highest BCUT2D eigenvalue weighted by Gasteiger charge is 2.35. The third-order valence-corrected chi connectivity index (χ3v) is 2.79. The molecule has 0 spiro atoms. The quantitative estimate of drug-likeness (QED) is 0.901. The monoisotopic (exact) mass is 298 g/mol. The van der Waals surface area contributed by atoms with Crippen LogP contribution < -0.4 is 0 Å². The number of aliphatic hydroxyl groups excluding tert-OH is 2. The van der Waals surface area contributed by atoms with E-state index in [0.29, 0.717) is 0 Å². The number of aliphatic hydroxyl groups is 2. The average molecular weight is 299 g/mol. The van der Waals surface area contributed by atoms with Crippen molar-refractivity contribution >= 4 is 15.9 Å². The molecular weight excluding hydrogens is 289 g/mol. The Kier molecular flexibility index (Phi) is 4.35. The third-order valence-electron chi connectivity index (χ3n) is 2.09. The summed E-state index contributed by atoms with van der Waals surface area (Å²) in [6.45, 7) is -0.375. The van der Waals surface area contributed by atoms with Crippen molar-refractivity contribution in [2.24, 2.45) is 0 Å². The van der Waals surface area contributed by atoms with Crippen LogP contribution in [0, 0.1) is 0 Å². The van der Waals surface area contributed by atoms with E-state index in [1.807, 2.05) is 0 Å². The first-order valence-electron chi connectivity index (χ1n) is 4.52. The molecule has 0 aliphatic rings. The van der Waals surface area contributed by atoms with E-state index in [0.717, 1.165) is 6.07 Å². The molecule has 0 radical (unpaired) electrons. The minimum atomic E-state index is -4.52. The molecule has 0 heterocycles. The molecule has 16 heavy (non-hydrogen) atoms. The van der Waals surface area contributed by atoms with Crippen LogP contribution in [0.4, 0.5) is 13.2 Å². The molecule has 1 unspecified atom stereocenters. The van der Waals surface area contributed by atoms with Gasteiger partial charge in [-0.05, 0) is 12.1 Å². The summed E-state index contributed by atoms with van der Waals surface area (Å²) in [5.74, 6) is 0. The molecule has 0 aliphatic heterocycles. The third kappa shape index (κ3) is 2.96. The van der Waals surface area contributed by atoms with Gasteiger partial charge in [-0.1, -0.05) is 22.0 Å². The first-order chi connectivity index (χ1) is 7.38. The molecular formula is C10H10BrF3O2. The second-order valence-electron chi connectivity index (χ2n) is 3.23. The van der Waals surface area contributed by atoms with Gasteiger partial charge in [-0.25, -0.2) is 0 Å². The van der Waals surface area contributed by atoms with Crippen LogP contribution in [0.1, 0.15) is 23.7 Å². The standard InChI is InChI=1S/C10H10BrF3O2/c11-7-3-1-2-6(10(12,13)14)9(7)8(16)4-5-15/h1-3,8,15-16H,4-5H2. The largest absolute Gasteiger partial charge is 0.416 e. The fraction of sp³-hybridized carbons (Fsp3) is 0.400. The molecule has 1 aromatic rings. The zero-order chi connectivity index (χ0) is 12.3. The van der Waals surface area contributed by atoms with Crippen molar-refractivity contribution in [1.29, 1.82) is 0 Å². The van der Waals surface area contributed by atoms with E-state index in [1.54, 1.807) is 0 Å². The maximum atomic E-state index is 12.6. The molecule has 0 saturated heterocycles. The van der Waals surface area contributed by atoms with Crippen molar-refractivity contribution in [2.75, 3.05) is 6.61 Å². The zero-order valence-electron chi connectivity index (χ0n) is 8.13. The Hall–Kier alpha value is -0.590. The van der Waals surface area contributed by atoms with Gasteiger partial charge >= 0.3 is 6.18 Å². The Morgan fingerprint density at radius 3 is 2.44 bits per heavy atom. The smallest absolute Gasteiger partial charge is 0.396 e. The lowest BCUT2D eigenvalue weighted by molar-refractivity contribution is -0.139. The number of alkyl halides is 3. The van der Waals surface area contributed by atoms with Gasteiger partial charge in [-0.15, -0.1) is 0 Å². The lowest BCUT2D eigenvalue weighted by atomic mass is 10.00. The van der Waals surface area contributed by atoms with Crippen molar-refractivity contribution in [3.63, 3.8) is 0 Å². The van der Waals surface area contributed by atoms with Crippen molar-refractivity contribution in [3.8, 4) is 0 Å². The second kappa shape index (κ2) is 5.16. The van der Waals surface area contributed by atoms with E-state index in [4.69, 9.17) is 5.11 Å². The van der Waals surface area contributed by atoms with Gasteiger partial charge in [0, 0.05) is 23.1 Å². The van der Waals surface area contributed by atoms with E-state index in [1.165, 1.54) is 12.1 Å². The number of benzene rings is 1. The Balaban J connectivity index is 3.24. The summed E-state index contributed by atoms with van der Waals surface area (Å²) in [4.78, 5) is 0. The van der Waals surface area contributed by atoms with Crippen molar-refractivity contribution < 1.29 is 23.4 Å². The van der Waals surface area contributed by atoms with Gasteiger partial charge in [0.2, 0.25) is 0 Å². The molecule has 2 nitrogen and oxygen atoms in total.